The molecule has 0 N–H and O–H groups in total. The van der Waals surface area contributed by atoms with Crippen LogP contribution in [0.2, 0.25) is 0 Å². The third-order valence-corrected chi connectivity index (χ3v) is 11.8. The molecule has 0 amide bonds. The van der Waals surface area contributed by atoms with Crippen LogP contribution in [-0.4, -0.2) is 83.1 Å². The van der Waals surface area contributed by atoms with Crippen molar-refractivity contribution >= 4 is 35.8 Å². The van der Waals surface area contributed by atoms with Crippen molar-refractivity contribution in [2.45, 2.75) is 104 Å². The molecular weight excluding hydrogens is 864 g/mol. The van der Waals surface area contributed by atoms with E-state index >= 15 is 4.39 Å². The predicted octanol–water partition coefficient (Wildman–Crippen LogP) is 9.76. The number of unbranched alkanes of at least 4 members (excludes halogenated alkanes) is 2. The summed E-state index contributed by atoms with van der Waals surface area (Å²) in [7, 11) is 2.21. The molecule has 1 saturated carbocycles. The maximum absolute atomic E-state index is 15.8. The number of ether oxygens (including phenoxy) is 7. The van der Waals surface area contributed by atoms with Gasteiger partial charge in [-0.15, -0.1) is 0 Å². The van der Waals surface area contributed by atoms with E-state index in [1.807, 2.05) is 42.5 Å². The lowest BCUT2D eigenvalue weighted by Gasteiger charge is -2.32. The average Bonchev–Trinajstić information content (AvgIpc) is 3.32. The molecular formula is C53H65FO13. The first-order chi connectivity index (χ1) is 32.1. The van der Waals surface area contributed by atoms with E-state index in [0.29, 0.717) is 35.6 Å². The highest BCUT2D eigenvalue weighted by Gasteiger charge is 2.38. The fourth-order valence-corrected chi connectivity index (χ4v) is 7.75. The molecule has 3 aromatic rings. The summed E-state index contributed by atoms with van der Waals surface area (Å²) in [4.78, 5) is 73.8. The number of esters is 6. The van der Waals surface area contributed by atoms with Gasteiger partial charge in [0.2, 0.25) is 0 Å². The normalized spacial score (nSPS) is 14.5. The molecule has 1 aliphatic carbocycles. The van der Waals surface area contributed by atoms with Gasteiger partial charge in [-0.05, 0) is 110 Å². The summed E-state index contributed by atoms with van der Waals surface area (Å²) in [6, 6.07) is 18.6. The number of halogens is 1. The second kappa shape index (κ2) is 26.7. The van der Waals surface area contributed by atoms with Crippen LogP contribution >= 0.6 is 0 Å². The quantitative estimate of drug-likeness (QED) is 0.0246. The number of carbonyl (C=O) groups is 6. The minimum Gasteiger partial charge on any atom is -0.492 e. The lowest BCUT2D eigenvalue weighted by atomic mass is 9.77. The Morgan fingerprint density at radius 1 is 0.642 bits per heavy atom. The predicted molar refractivity (Wildman–Crippen MR) is 249 cm³/mol. The summed E-state index contributed by atoms with van der Waals surface area (Å²) in [5.41, 5.74) is 3.31. The van der Waals surface area contributed by atoms with Crippen LogP contribution in [0.5, 0.6) is 5.75 Å². The zero-order valence-electron chi connectivity index (χ0n) is 39.5. The minimum atomic E-state index is -1.59. The molecule has 0 aromatic heterocycles. The summed E-state index contributed by atoms with van der Waals surface area (Å²) in [5, 5.41) is 0. The third-order valence-electron chi connectivity index (χ3n) is 11.8. The van der Waals surface area contributed by atoms with E-state index in [4.69, 9.17) is 23.7 Å². The van der Waals surface area contributed by atoms with Gasteiger partial charge in [0.15, 0.2) is 0 Å². The standard InChI is InChI=1S/C53H65FO13/c1-8-9-10-12-37-14-16-38(17-15-37)42-22-24-44(45(54)28-42)40-20-18-39(19-21-40)41-23-25-46(43(27-41)13-11-26-63-51(59)35(2)3)64-31-53(34-67-52(60)36(4)5,32-65-49(57)29-47(55)61-6)33-66-50(58)30-48(56)62-7/h18-25,27-28,37-38H,2,4,8-17,26,29-34H2,1,3,5-7H3. The van der Waals surface area contributed by atoms with E-state index in [-0.39, 0.29) is 30.2 Å². The molecule has 0 radical (unpaired) electrons. The molecule has 0 spiro atoms. The van der Waals surface area contributed by atoms with Crippen molar-refractivity contribution in [2.75, 3.05) is 47.3 Å². The monoisotopic (exact) mass is 928 g/mol. The van der Waals surface area contributed by atoms with Gasteiger partial charge in [0.05, 0.1) is 20.8 Å². The molecule has 13 nitrogen and oxygen atoms in total. The molecule has 0 aliphatic heterocycles. The fourth-order valence-electron chi connectivity index (χ4n) is 7.75. The van der Waals surface area contributed by atoms with E-state index in [0.717, 1.165) is 55.2 Å². The highest BCUT2D eigenvalue weighted by atomic mass is 19.1. The van der Waals surface area contributed by atoms with Crippen molar-refractivity contribution in [3.05, 3.63) is 102 Å². The van der Waals surface area contributed by atoms with Crippen LogP contribution in [0.25, 0.3) is 22.3 Å². The number of methoxy groups -OCH3 is 2. The van der Waals surface area contributed by atoms with Gasteiger partial charge in [0, 0.05) is 16.7 Å². The van der Waals surface area contributed by atoms with E-state index in [2.05, 4.69) is 35.6 Å². The summed E-state index contributed by atoms with van der Waals surface area (Å²) in [6.45, 7) is 10.5. The van der Waals surface area contributed by atoms with Crippen LogP contribution in [0.3, 0.4) is 0 Å². The number of aryl methyl sites for hydroxylation is 1. The summed E-state index contributed by atoms with van der Waals surface area (Å²) in [5.74, 6) is -3.78. The number of rotatable bonds is 26. The Morgan fingerprint density at radius 2 is 1.21 bits per heavy atom. The van der Waals surface area contributed by atoms with Gasteiger partial charge in [-0.3, -0.25) is 19.2 Å². The molecule has 0 bridgehead atoms. The minimum absolute atomic E-state index is 0.0575. The van der Waals surface area contributed by atoms with Crippen molar-refractivity contribution in [3.63, 3.8) is 0 Å². The number of hydrogen-bond donors (Lipinski definition) is 0. The topological polar surface area (TPSA) is 167 Å². The van der Waals surface area contributed by atoms with Gasteiger partial charge in [-0.1, -0.05) is 88.2 Å². The van der Waals surface area contributed by atoms with Crippen LogP contribution in [-0.2, 0) is 63.6 Å². The molecule has 0 saturated heterocycles. The number of carbonyl (C=O) groups excluding carboxylic acids is 6. The van der Waals surface area contributed by atoms with Gasteiger partial charge in [0.25, 0.3) is 0 Å². The largest absolute Gasteiger partial charge is 0.492 e. The number of hydrogen-bond acceptors (Lipinski definition) is 13. The molecule has 362 valence electrons. The van der Waals surface area contributed by atoms with Gasteiger partial charge in [0.1, 0.15) is 56.3 Å². The first kappa shape index (κ1) is 53.3. The molecule has 0 unspecified atom stereocenters. The van der Waals surface area contributed by atoms with Crippen LogP contribution < -0.4 is 4.74 Å². The lowest BCUT2D eigenvalue weighted by Crippen LogP contribution is -2.44. The SMILES string of the molecule is C=C(C)C(=O)OCCCc1cc(-c2ccc(-c3ccc(C4CCC(CCCCC)CC4)cc3F)cc2)ccc1OCC(COC(=O)CC(=O)OC)(COC(=O)CC(=O)OC)COC(=O)C(=C)C. The van der Waals surface area contributed by atoms with Crippen molar-refractivity contribution < 1.29 is 66.3 Å². The Kier molecular flexibility index (Phi) is 21.3. The Balaban J connectivity index is 1.61. The molecule has 3 aromatic carbocycles. The van der Waals surface area contributed by atoms with Crippen molar-refractivity contribution in [2.24, 2.45) is 11.3 Å². The third kappa shape index (κ3) is 17.1. The molecule has 0 atom stereocenters. The summed E-state index contributed by atoms with van der Waals surface area (Å²) in [6.07, 6.45) is 8.91. The molecule has 1 fully saturated rings. The summed E-state index contributed by atoms with van der Waals surface area (Å²) < 4.78 is 53.0. The van der Waals surface area contributed by atoms with Crippen LogP contribution in [0, 0.1) is 17.2 Å². The van der Waals surface area contributed by atoms with Gasteiger partial charge >= 0.3 is 35.8 Å². The van der Waals surface area contributed by atoms with E-state index in [9.17, 15) is 28.8 Å². The first-order valence-electron chi connectivity index (χ1n) is 22.8. The van der Waals surface area contributed by atoms with Crippen molar-refractivity contribution in [1.29, 1.82) is 0 Å². The second-order valence-electron chi connectivity index (χ2n) is 17.3. The zero-order valence-corrected chi connectivity index (χ0v) is 39.5. The van der Waals surface area contributed by atoms with Crippen LogP contribution in [0.1, 0.15) is 108 Å². The van der Waals surface area contributed by atoms with Crippen LogP contribution in [0.15, 0.2) is 85.0 Å². The van der Waals surface area contributed by atoms with Gasteiger partial charge in [-0.25, -0.2) is 14.0 Å². The molecule has 14 heteroatoms. The highest BCUT2D eigenvalue weighted by Crippen LogP contribution is 2.39. The highest BCUT2D eigenvalue weighted by molar-refractivity contribution is 5.92. The Hall–Kier alpha value is -6.31. The Bertz CT molecular complexity index is 2170. The van der Waals surface area contributed by atoms with Crippen molar-refractivity contribution in [1.82, 2.24) is 0 Å². The van der Waals surface area contributed by atoms with Crippen molar-refractivity contribution in [3.8, 4) is 28.0 Å². The Morgan fingerprint density at radius 3 is 1.78 bits per heavy atom. The zero-order chi connectivity index (χ0) is 48.9. The Labute approximate surface area is 393 Å². The molecule has 0 heterocycles. The smallest absolute Gasteiger partial charge is 0.333 e. The first-order valence-corrected chi connectivity index (χ1v) is 22.8. The van der Waals surface area contributed by atoms with E-state index in [1.165, 1.54) is 45.4 Å². The summed E-state index contributed by atoms with van der Waals surface area (Å²) >= 11 is 0. The maximum atomic E-state index is 15.8. The second-order valence-corrected chi connectivity index (χ2v) is 17.3. The molecule has 67 heavy (non-hydrogen) atoms. The van der Waals surface area contributed by atoms with E-state index in [1.54, 1.807) is 19.1 Å². The number of benzene rings is 3. The molecule has 4 rings (SSSR count). The van der Waals surface area contributed by atoms with Crippen LogP contribution in [0.4, 0.5) is 4.39 Å². The van der Waals surface area contributed by atoms with Gasteiger partial charge in [-0.2, -0.15) is 0 Å². The van der Waals surface area contributed by atoms with Gasteiger partial charge < -0.3 is 33.2 Å². The van der Waals surface area contributed by atoms with E-state index < -0.39 is 73.9 Å². The lowest BCUT2D eigenvalue weighted by molar-refractivity contribution is -0.165. The molecule has 1 aliphatic rings. The fraction of sp³-hybridized carbons (Fsp3) is 0.472. The maximum Gasteiger partial charge on any atom is 0.333 e. The average molecular weight is 929 g/mol.